The van der Waals surface area contributed by atoms with Crippen molar-refractivity contribution in [1.29, 1.82) is 0 Å². The van der Waals surface area contributed by atoms with E-state index in [1.54, 1.807) is 0 Å². The molecule has 4 heteroatoms. The monoisotopic (exact) mass is 297 g/mol. The van der Waals surface area contributed by atoms with E-state index in [9.17, 15) is 4.79 Å². The van der Waals surface area contributed by atoms with Gasteiger partial charge in [0.05, 0.1) is 6.04 Å². The molecule has 0 aromatic heterocycles. The molecule has 1 heterocycles. The lowest BCUT2D eigenvalue weighted by atomic mass is 9.94. The summed E-state index contributed by atoms with van der Waals surface area (Å²) in [5.74, 6) is 0.936. The lowest BCUT2D eigenvalue weighted by Crippen LogP contribution is -2.49. The fourth-order valence-electron chi connectivity index (χ4n) is 2.70. The van der Waals surface area contributed by atoms with Gasteiger partial charge in [-0.3, -0.25) is 9.69 Å². The third kappa shape index (κ3) is 7.28. The van der Waals surface area contributed by atoms with Crippen LogP contribution < -0.4 is 10.6 Å². The Morgan fingerprint density at radius 1 is 1.29 bits per heavy atom. The second-order valence-corrected chi connectivity index (χ2v) is 7.43. The van der Waals surface area contributed by atoms with E-state index in [0.29, 0.717) is 0 Å². The summed E-state index contributed by atoms with van der Waals surface area (Å²) in [4.78, 5) is 14.4. The number of likely N-dealkylation sites (tertiary alicyclic amines) is 1. The molecule has 124 valence electrons. The first-order chi connectivity index (χ1) is 9.83. The molecule has 0 aliphatic carbocycles. The molecule has 1 fully saturated rings. The minimum absolute atomic E-state index is 0.0124. The van der Waals surface area contributed by atoms with E-state index in [1.807, 2.05) is 6.92 Å². The van der Waals surface area contributed by atoms with Gasteiger partial charge in [-0.2, -0.15) is 0 Å². The van der Waals surface area contributed by atoms with E-state index < -0.39 is 0 Å². The van der Waals surface area contributed by atoms with E-state index in [2.05, 4.69) is 43.2 Å². The Morgan fingerprint density at radius 2 is 1.90 bits per heavy atom. The van der Waals surface area contributed by atoms with Crippen molar-refractivity contribution in [1.82, 2.24) is 15.5 Å². The summed E-state index contributed by atoms with van der Waals surface area (Å²) >= 11 is 0. The lowest BCUT2D eigenvalue weighted by molar-refractivity contribution is -0.126. The van der Waals surface area contributed by atoms with Gasteiger partial charge in [0.2, 0.25) is 5.91 Å². The normalized spacial score (nSPS) is 19.5. The van der Waals surface area contributed by atoms with Gasteiger partial charge in [0.15, 0.2) is 0 Å². The van der Waals surface area contributed by atoms with Gasteiger partial charge in [-0.05, 0) is 72.5 Å². The molecule has 0 aromatic rings. The molecular formula is C17H35N3O. The SMILES string of the molecule is CCCCNC(=O)C(C)N1CCC(CNC(C)(C)C)CC1. The fourth-order valence-corrected chi connectivity index (χ4v) is 2.70. The maximum Gasteiger partial charge on any atom is 0.237 e. The van der Waals surface area contributed by atoms with Crippen LogP contribution in [0.5, 0.6) is 0 Å². The molecule has 1 saturated heterocycles. The first-order valence-electron chi connectivity index (χ1n) is 8.60. The highest BCUT2D eigenvalue weighted by Crippen LogP contribution is 2.19. The summed E-state index contributed by atoms with van der Waals surface area (Å²) in [5, 5.41) is 6.64. The van der Waals surface area contributed by atoms with Crippen LogP contribution in [0.4, 0.5) is 0 Å². The van der Waals surface area contributed by atoms with Gasteiger partial charge in [-0.1, -0.05) is 13.3 Å². The third-order valence-corrected chi connectivity index (χ3v) is 4.33. The van der Waals surface area contributed by atoms with Gasteiger partial charge in [0.25, 0.3) is 0 Å². The molecule has 1 rings (SSSR count). The Kier molecular flexibility index (Phi) is 7.67. The summed E-state index contributed by atoms with van der Waals surface area (Å²) in [7, 11) is 0. The second kappa shape index (κ2) is 8.74. The van der Waals surface area contributed by atoms with Crippen LogP contribution in [0.15, 0.2) is 0 Å². The Hall–Kier alpha value is -0.610. The highest BCUT2D eigenvalue weighted by molar-refractivity contribution is 5.81. The van der Waals surface area contributed by atoms with Crippen LogP contribution in [0.25, 0.3) is 0 Å². The predicted molar refractivity (Wildman–Crippen MR) is 89.4 cm³/mol. The summed E-state index contributed by atoms with van der Waals surface area (Å²) in [6, 6.07) is 0.0124. The molecule has 2 N–H and O–H groups in total. The third-order valence-electron chi connectivity index (χ3n) is 4.33. The molecule has 1 atom stereocenters. The molecule has 1 amide bonds. The minimum atomic E-state index is 0.0124. The minimum Gasteiger partial charge on any atom is -0.355 e. The van der Waals surface area contributed by atoms with Crippen molar-refractivity contribution in [3.63, 3.8) is 0 Å². The number of hydrogen-bond donors (Lipinski definition) is 2. The molecule has 0 bridgehead atoms. The average molecular weight is 297 g/mol. The van der Waals surface area contributed by atoms with Crippen molar-refractivity contribution in [2.75, 3.05) is 26.2 Å². The Labute approximate surface area is 131 Å². The van der Waals surface area contributed by atoms with E-state index >= 15 is 0 Å². The van der Waals surface area contributed by atoms with Crippen LogP contribution >= 0.6 is 0 Å². The second-order valence-electron chi connectivity index (χ2n) is 7.43. The zero-order valence-electron chi connectivity index (χ0n) is 14.7. The smallest absolute Gasteiger partial charge is 0.237 e. The molecular weight excluding hydrogens is 262 g/mol. The van der Waals surface area contributed by atoms with Gasteiger partial charge < -0.3 is 10.6 Å². The number of nitrogens with zero attached hydrogens (tertiary/aromatic N) is 1. The van der Waals surface area contributed by atoms with Crippen LogP contribution in [0.1, 0.15) is 60.3 Å². The molecule has 1 aliphatic rings. The quantitative estimate of drug-likeness (QED) is 0.709. The highest BCUT2D eigenvalue weighted by atomic mass is 16.2. The summed E-state index contributed by atoms with van der Waals surface area (Å²) in [6.45, 7) is 14.8. The predicted octanol–water partition coefficient (Wildman–Crippen LogP) is 2.39. The number of unbranched alkanes of at least 4 members (excludes halogenated alkanes) is 1. The maximum absolute atomic E-state index is 12.1. The maximum atomic E-state index is 12.1. The van der Waals surface area contributed by atoms with Crippen LogP contribution in [0.2, 0.25) is 0 Å². The molecule has 0 spiro atoms. The van der Waals surface area contributed by atoms with Crippen LogP contribution in [0.3, 0.4) is 0 Å². The van der Waals surface area contributed by atoms with E-state index in [0.717, 1.165) is 44.9 Å². The summed E-state index contributed by atoms with van der Waals surface area (Å²) < 4.78 is 0. The lowest BCUT2D eigenvalue weighted by Gasteiger charge is -2.36. The van der Waals surface area contributed by atoms with E-state index in [-0.39, 0.29) is 17.5 Å². The highest BCUT2D eigenvalue weighted by Gasteiger charge is 2.26. The van der Waals surface area contributed by atoms with Crippen LogP contribution in [0, 0.1) is 5.92 Å². The molecule has 0 saturated carbocycles. The molecule has 1 aliphatic heterocycles. The Balaban J connectivity index is 2.26. The zero-order chi connectivity index (χ0) is 15.9. The van der Waals surface area contributed by atoms with Gasteiger partial charge >= 0.3 is 0 Å². The van der Waals surface area contributed by atoms with Crippen molar-refractivity contribution in [3.05, 3.63) is 0 Å². The first kappa shape index (κ1) is 18.4. The standard InChI is InChI=1S/C17H35N3O/c1-6-7-10-18-16(21)14(2)20-11-8-15(9-12-20)13-19-17(3,4)5/h14-15,19H,6-13H2,1-5H3,(H,18,21). The molecule has 0 radical (unpaired) electrons. The van der Waals surface area contributed by atoms with Crippen molar-refractivity contribution in [2.24, 2.45) is 5.92 Å². The van der Waals surface area contributed by atoms with Crippen molar-refractivity contribution < 1.29 is 4.79 Å². The Morgan fingerprint density at radius 3 is 2.43 bits per heavy atom. The average Bonchev–Trinajstić information content (AvgIpc) is 2.44. The van der Waals surface area contributed by atoms with E-state index in [1.165, 1.54) is 12.8 Å². The number of nitrogens with one attached hydrogen (secondary N) is 2. The number of carbonyl (C=O) groups excluding carboxylic acids is 1. The molecule has 1 unspecified atom stereocenters. The van der Waals surface area contributed by atoms with Gasteiger partial charge in [-0.15, -0.1) is 0 Å². The van der Waals surface area contributed by atoms with Crippen LogP contribution in [-0.2, 0) is 4.79 Å². The van der Waals surface area contributed by atoms with Crippen molar-refractivity contribution in [3.8, 4) is 0 Å². The van der Waals surface area contributed by atoms with Gasteiger partial charge in [0, 0.05) is 12.1 Å². The van der Waals surface area contributed by atoms with Crippen molar-refractivity contribution in [2.45, 2.75) is 71.9 Å². The summed E-state index contributed by atoms with van der Waals surface area (Å²) in [6.07, 6.45) is 4.57. The zero-order valence-corrected chi connectivity index (χ0v) is 14.7. The topological polar surface area (TPSA) is 44.4 Å². The summed E-state index contributed by atoms with van der Waals surface area (Å²) in [5.41, 5.74) is 0.198. The number of carbonyl (C=O) groups is 1. The number of rotatable bonds is 7. The van der Waals surface area contributed by atoms with Crippen LogP contribution in [-0.4, -0.2) is 48.6 Å². The fraction of sp³-hybridized carbons (Fsp3) is 0.941. The molecule has 21 heavy (non-hydrogen) atoms. The molecule has 4 nitrogen and oxygen atoms in total. The van der Waals surface area contributed by atoms with E-state index in [4.69, 9.17) is 0 Å². The first-order valence-corrected chi connectivity index (χ1v) is 8.60. The van der Waals surface area contributed by atoms with Gasteiger partial charge in [-0.25, -0.2) is 0 Å². The number of amides is 1. The number of hydrogen-bond acceptors (Lipinski definition) is 3. The number of piperidine rings is 1. The largest absolute Gasteiger partial charge is 0.355 e. The Bertz CT molecular complexity index is 304. The van der Waals surface area contributed by atoms with Crippen molar-refractivity contribution >= 4 is 5.91 Å². The van der Waals surface area contributed by atoms with Gasteiger partial charge in [0.1, 0.15) is 0 Å². The molecule has 0 aromatic carbocycles.